The van der Waals surface area contributed by atoms with Crippen molar-refractivity contribution in [3.8, 4) is 0 Å². The van der Waals surface area contributed by atoms with Crippen LogP contribution in [0.5, 0.6) is 0 Å². The van der Waals surface area contributed by atoms with Gasteiger partial charge in [-0.2, -0.15) is 0 Å². The van der Waals surface area contributed by atoms with Crippen molar-refractivity contribution in [2.24, 2.45) is 0 Å². The van der Waals surface area contributed by atoms with E-state index in [0.29, 0.717) is 13.1 Å². The molecule has 0 unspecified atom stereocenters. The Morgan fingerprint density at radius 1 is 1.04 bits per heavy atom. The van der Waals surface area contributed by atoms with Crippen molar-refractivity contribution < 1.29 is 9.18 Å². The van der Waals surface area contributed by atoms with E-state index in [0.717, 1.165) is 12.0 Å². The van der Waals surface area contributed by atoms with Gasteiger partial charge in [0.25, 0.3) is 0 Å². The summed E-state index contributed by atoms with van der Waals surface area (Å²) >= 11 is 1.71. The smallest absolute Gasteiger partial charge is 0.246 e. The average molecular weight is 380 g/mol. The molecule has 138 valence electrons. The van der Waals surface area contributed by atoms with Crippen molar-refractivity contribution in [3.63, 3.8) is 0 Å². The zero-order chi connectivity index (χ0) is 19.1. The average Bonchev–Trinajstić information content (AvgIpc) is 3.10. The second kappa shape index (κ2) is 9.28. The van der Waals surface area contributed by atoms with E-state index in [2.05, 4.69) is 31.2 Å². The van der Waals surface area contributed by atoms with Gasteiger partial charge in [0, 0.05) is 22.4 Å². The Balaban J connectivity index is 1.70. The maximum absolute atomic E-state index is 13.0. The van der Waals surface area contributed by atoms with Crippen molar-refractivity contribution in [2.45, 2.75) is 19.9 Å². The molecule has 4 heteroatoms. The first-order valence-corrected chi connectivity index (χ1v) is 9.73. The molecule has 0 saturated carbocycles. The van der Waals surface area contributed by atoms with Crippen LogP contribution in [0, 0.1) is 12.7 Å². The molecule has 0 saturated heterocycles. The van der Waals surface area contributed by atoms with Crippen molar-refractivity contribution in [1.29, 1.82) is 0 Å². The number of thiophene rings is 1. The maximum Gasteiger partial charge on any atom is 0.246 e. The molecular weight excluding hydrogens is 357 g/mol. The van der Waals surface area contributed by atoms with Crippen LogP contribution < -0.4 is 0 Å². The molecule has 0 radical (unpaired) electrons. The van der Waals surface area contributed by atoms with Crippen LogP contribution in [0.3, 0.4) is 0 Å². The topological polar surface area (TPSA) is 20.3 Å². The fourth-order valence-corrected chi connectivity index (χ4v) is 3.69. The lowest BCUT2D eigenvalue weighted by molar-refractivity contribution is -0.126. The highest BCUT2D eigenvalue weighted by Crippen LogP contribution is 2.18. The van der Waals surface area contributed by atoms with E-state index in [1.165, 1.54) is 27.5 Å². The minimum atomic E-state index is -0.281. The van der Waals surface area contributed by atoms with Gasteiger partial charge in [-0.25, -0.2) is 4.39 Å². The van der Waals surface area contributed by atoms with E-state index in [-0.39, 0.29) is 11.7 Å². The number of amides is 1. The van der Waals surface area contributed by atoms with Gasteiger partial charge < -0.3 is 4.90 Å². The number of halogens is 1. The highest BCUT2D eigenvalue weighted by atomic mass is 32.1. The molecular formula is C23H22FNOS. The molecule has 0 fully saturated rings. The molecule has 0 aliphatic carbocycles. The predicted molar refractivity (Wildman–Crippen MR) is 110 cm³/mol. The van der Waals surface area contributed by atoms with E-state index < -0.39 is 0 Å². The largest absolute Gasteiger partial charge is 0.334 e. The van der Waals surface area contributed by atoms with Crippen molar-refractivity contribution in [2.75, 3.05) is 6.54 Å². The van der Waals surface area contributed by atoms with Crippen LogP contribution in [-0.4, -0.2) is 17.4 Å². The van der Waals surface area contributed by atoms with Crippen molar-refractivity contribution in [1.82, 2.24) is 4.90 Å². The molecule has 27 heavy (non-hydrogen) atoms. The number of hydrogen-bond donors (Lipinski definition) is 0. The lowest BCUT2D eigenvalue weighted by Gasteiger charge is -2.20. The van der Waals surface area contributed by atoms with Crippen LogP contribution in [0.1, 0.15) is 20.9 Å². The van der Waals surface area contributed by atoms with E-state index in [1.54, 1.807) is 35.6 Å². The number of aryl methyl sites for hydroxylation is 1. The highest BCUT2D eigenvalue weighted by molar-refractivity contribution is 7.11. The van der Waals surface area contributed by atoms with Gasteiger partial charge in [-0.15, -0.1) is 11.3 Å². The van der Waals surface area contributed by atoms with Crippen molar-refractivity contribution in [3.05, 3.63) is 99.5 Å². The first kappa shape index (κ1) is 19.1. The third kappa shape index (κ3) is 5.90. The fraction of sp³-hybridized carbons (Fsp3) is 0.174. The van der Waals surface area contributed by atoms with Gasteiger partial charge in [0.05, 0.1) is 6.54 Å². The van der Waals surface area contributed by atoms with Crippen LogP contribution >= 0.6 is 11.3 Å². The molecule has 0 N–H and O–H groups in total. The third-order valence-corrected chi connectivity index (χ3v) is 5.24. The Kier molecular flexibility index (Phi) is 6.55. The van der Waals surface area contributed by atoms with E-state index in [1.807, 2.05) is 23.1 Å². The zero-order valence-corrected chi connectivity index (χ0v) is 16.1. The molecule has 2 nitrogen and oxygen atoms in total. The van der Waals surface area contributed by atoms with Gasteiger partial charge in [0.2, 0.25) is 5.91 Å². The Hall–Kier alpha value is -2.72. The SMILES string of the molecule is Cc1ccc(CN(CCc2ccccc2)C(=O)/C=C/c2ccc(F)cc2)s1. The van der Waals surface area contributed by atoms with Gasteiger partial charge >= 0.3 is 0 Å². The zero-order valence-electron chi connectivity index (χ0n) is 15.3. The molecule has 1 amide bonds. The number of hydrogen-bond acceptors (Lipinski definition) is 2. The number of carbonyl (C=O) groups excluding carboxylic acids is 1. The first-order valence-electron chi connectivity index (χ1n) is 8.92. The number of benzene rings is 2. The van der Waals surface area contributed by atoms with Crippen LogP contribution in [-0.2, 0) is 17.8 Å². The molecule has 1 aromatic heterocycles. The summed E-state index contributed by atoms with van der Waals surface area (Å²) in [5, 5.41) is 0. The lowest BCUT2D eigenvalue weighted by Crippen LogP contribution is -2.30. The predicted octanol–water partition coefficient (Wildman–Crippen LogP) is 5.48. The molecule has 1 heterocycles. The summed E-state index contributed by atoms with van der Waals surface area (Å²) in [6.07, 6.45) is 4.11. The quantitative estimate of drug-likeness (QED) is 0.498. The summed E-state index contributed by atoms with van der Waals surface area (Å²) in [6, 6.07) is 20.4. The molecule has 0 aliphatic rings. The minimum absolute atomic E-state index is 0.0405. The van der Waals surface area contributed by atoms with E-state index in [4.69, 9.17) is 0 Å². The number of carbonyl (C=O) groups is 1. The van der Waals surface area contributed by atoms with E-state index >= 15 is 0 Å². The summed E-state index contributed by atoms with van der Waals surface area (Å²) in [7, 11) is 0. The Morgan fingerprint density at radius 2 is 1.78 bits per heavy atom. The van der Waals surface area contributed by atoms with Gasteiger partial charge in [-0.05, 0) is 54.8 Å². The molecule has 3 rings (SSSR count). The lowest BCUT2D eigenvalue weighted by atomic mass is 10.1. The summed E-state index contributed by atoms with van der Waals surface area (Å²) in [5.74, 6) is -0.322. The normalized spacial score (nSPS) is 11.0. The molecule has 3 aromatic rings. The van der Waals surface area contributed by atoms with Crippen molar-refractivity contribution >= 4 is 23.3 Å². The molecule has 0 bridgehead atoms. The van der Waals surface area contributed by atoms with Gasteiger partial charge in [-0.3, -0.25) is 4.79 Å². The number of nitrogens with zero attached hydrogens (tertiary/aromatic N) is 1. The Bertz CT molecular complexity index is 900. The summed E-state index contributed by atoms with van der Waals surface area (Å²) in [4.78, 5) is 17.1. The van der Waals surface area contributed by atoms with Gasteiger partial charge in [0.15, 0.2) is 0 Å². The standard InChI is InChI=1S/C23H22FNOS/c1-18-7-13-22(27-18)17-25(16-15-19-5-3-2-4-6-19)23(26)14-10-20-8-11-21(24)12-9-20/h2-14H,15-17H2,1H3/b14-10+. The minimum Gasteiger partial charge on any atom is -0.334 e. The third-order valence-electron chi connectivity index (χ3n) is 4.26. The Morgan fingerprint density at radius 3 is 2.44 bits per heavy atom. The molecule has 0 aliphatic heterocycles. The number of rotatable bonds is 7. The second-order valence-electron chi connectivity index (χ2n) is 6.39. The summed E-state index contributed by atoms with van der Waals surface area (Å²) in [6.45, 7) is 3.31. The van der Waals surface area contributed by atoms with E-state index in [9.17, 15) is 9.18 Å². The molecule has 2 aromatic carbocycles. The van der Waals surface area contributed by atoms with Crippen LogP contribution in [0.25, 0.3) is 6.08 Å². The maximum atomic E-state index is 13.0. The fourth-order valence-electron chi connectivity index (χ4n) is 2.78. The Labute approximate surface area is 163 Å². The van der Waals surface area contributed by atoms with Gasteiger partial charge in [0.1, 0.15) is 5.82 Å². The molecule has 0 spiro atoms. The summed E-state index contributed by atoms with van der Waals surface area (Å²) < 4.78 is 13.0. The van der Waals surface area contributed by atoms with Crippen LogP contribution in [0.4, 0.5) is 4.39 Å². The van der Waals surface area contributed by atoms with Gasteiger partial charge in [-0.1, -0.05) is 42.5 Å². The summed E-state index contributed by atoms with van der Waals surface area (Å²) in [5.41, 5.74) is 2.01. The van der Waals surface area contributed by atoms with Crippen LogP contribution in [0.15, 0.2) is 72.8 Å². The second-order valence-corrected chi connectivity index (χ2v) is 7.77. The van der Waals surface area contributed by atoms with Crippen LogP contribution in [0.2, 0.25) is 0 Å². The first-order chi connectivity index (χ1) is 13.1. The monoisotopic (exact) mass is 379 g/mol. The highest BCUT2D eigenvalue weighted by Gasteiger charge is 2.12. The molecule has 0 atom stereocenters.